The van der Waals surface area contributed by atoms with Crippen LogP contribution in [0.2, 0.25) is 0 Å². The molecule has 0 aromatic heterocycles. The number of ether oxygens (including phenoxy) is 2. The molecule has 2 rings (SSSR count). The van der Waals surface area contributed by atoms with Crippen LogP contribution < -0.4 is 9.47 Å². The number of phenols is 1. The maximum absolute atomic E-state index is 13.0. The zero-order valence-electron chi connectivity index (χ0n) is 10.1. The van der Waals surface area contributed by atoms with E-state index < -0.39 is 5.82 Å². The summed E-state index contributed by atoms with van der Waals surface area (Å²) >= 11 is 0. The summed E-state index contributed by atoms with van der Waals surface area (Å²) < 4.78 is 23.4. The van der Waals surface area contributed by atoms with Crippen LogP contribution in [0, 0.1) is 5.82 Å². The number of aromatic hydroxyl groups is 1. The second-order valence-corrected chi connectivity index (χ2v) is 3.73. The summed E-state index contributed by atoms with van der Waals surface area (Å²) in [5.41, 5.74) is 1.43. The maximum atomic E-state index is 13.0. The lowest BCUT2D eigenvalue weighted by atomic mass is 10.0. The van der Waals surface area contributed by atoms with Crippen molar-refractivity contribution in [1.82, 2.24) is 0 Å². The SMILES string of the molecule is COc1ccc(-c2ccc(F)c(O)c2)c(OC)c1. The second-order valence-electron chi connectivity index (χ2n) is 3.73. The predicted octanol–water partition coefficient (Wildman–Crippen LogP) is 3.22. The van der Waals surface area contributed by atoms with Crippen LogP contribution in [0.25, 0.3) is 11.1 Å². The van der Waals surface area contributed by atoms with Gasteiger partial charge in [0.25, 0.3) is 0 Å². The maximum Gasteiger partial charge on any atom is 0.164 e. The van der Waals surface area contributed by atoms with Crippen LogP contribution in [0.1, 0.15) is 0 Å². The third kappa shape index (κ3) is 2.22. The van der Waals surface area contributed by atoms with Crippen LogP contribution in [-0.2, 0) is 0 Å². The first-order valence-electron chi connectivity index (χ1n) is 5.36. The van der Waals surface area contributed by atoms with E-state index in [2.05, 4.69) is 0 Å². The van der Waals surface area contributed by atoms with E-state index in [1.54, 1.807) is 38.5 Å². The van der Waals surface area contributed by atoms with Crippen LogP contribution in [0.5, 0.6) is 17.2 Å². The summed E-state index contributed by atoms with van der Waals surface area (Å²) in [4.78, 5) is 0. The standard InChI is InChI=1S/C14H13FO3/c1-17-10-4-5-11(14(8-10)18-2)9-3-6-12(15)13(16)7-9/h3-8,16H,1-2H3. The minimum absolute atomic E-state index is 0.384. The zero-order chi connectivity index (χ0) is 13.1. The molecule has 0 aliphatic rings. The topological polar surface area (TPSA) is 38.7 Å². The van der Waals surface area contributed by atoms with E-state index in [1.165, 1.54) is 12.1 Å². The fourth-order valence-electron chi connectivity index (χ4n) is 1.72. The molecular formula is C14H13FO3. The van der Waals surface area contributed by atoms with Gasteiger partial charge in [-0.15, -0.1) is 0 Å². The number of hydrogen-bond donors (Lipinski definition) is 1. The van der Waals surface area contributed by atoms with Crippen molar-refractivity contribution in [2.75, 3.05) is 14.2 Å². The molecule has 0 heterocycles. The molecule has 1 N–H and O–H groups in total. The molecule has 0 radical (unpaired) electrons. The largest absolute Gasteiger partial charge is 0.505 e. The third-order valence-electron chi connectivity index (χ3n) is 2.67. The van der Waals surface area contributed by atoms with Crippen molar-refractivity contribution in [2.24, 2.45) is 0 Å². The fourth-order valence-corrected chi connectivity index (χ4v) is 1.72. The van der Waals surface area contributed by atoms with Gasteiger partial charge in [0.2, 0.25) is 0 Å². The Hall–Kier alpha value is -2.23. The van der Waals surface area contributed by atoms with E-state index in [4.69, 9.17) is 9.47 Å². The summed E-state index contributed by atoms with van der Waals surface area (Å²) in [6.45, 7) is 0. The van der Waals surface area contributed by atoms with E-state index in [-0.39, 0.29) is 5.75 Å². The smallest absolute Gasteiger partial charge is 0.164 e. The summed E-state index contributed by atoms with van der Waals surface area (Å²) in [7, 11) is 3.11. The lowest BCUT2D eigenvalue weighted by Crippen LogP contribution is -1.90. The van der Waals surface area contributed by atoms with Crippen molar-refractivity contribution < 1.29 is 19.0 Å². The van der Waals surface area contributed by atoms with Gasteiger partial charge in [0.15, 0.2) is 11.6 Å². The molecule has 0 fully saturated rings. The first-order valence-corrected chi connectivity index (χ1v) is 5.36. The van der Waals surface area contributed by atoms with Gasteiger partial charge in [0.05, 0.1) is 14.2 Å². The minimum atomic E-state index is -0.647. The second kappa shape index (κ2) is 4.96. The number of benzene rings is 2. The van der Waals surface area contributed by atoms with Gasteiger partial charge in [-0.1, -0.05) is 6.07 Å². The van der Waals surface area contributed by atoms with Crippen molar-refractivity contribution in [3.8, 4) is 28.4 Å². The van der Waals surface area contributed by atoms with E-state index in [1.807, 2.05) is 0 Å². The van der Waals surface area contributed by atoms with Crippen LogP contribution in [-0.4, -0.2) is 19.3 Å². The van der Waals surface area contributed by atoms with Gasteiger partial charge in [-0.05, 0) is 29.8 Å². The van der Waals surface area contributed by atoms with Gasteiger partial charge in [-0.3, -0.25) is 0 Å². The Kier molecular flexibility index (Phi) is 3.37. The summed E-state index contributed by atoms with van der Waals surface area (Å²) in [6, 6.07) is 9.46. The molecule has 4 heteroatoms. The Balaban J connectivity index is 2.52. The van der Waals surface area contributed by atoms with Crippen molar-refractivity contribution in [1.29, 1.82) is 0 Å². The van der Waals surface area contributed by atoms with Gasteiger partial charge in [-0.2, -0.15) is 0 Å². The Morgan fingerprint density at radius 1 is 1.00 bits per heavy atom. The molecule has 3 nitrogen and oxygen atoms in total. The molecule has 94 valence electrons. The molecule has 0 saturated carbocycles. The average molecular weight is 248 g/mol. The van der Waals surface area contributed by atoms with Gasteiger partial charge in [-0.25, -0.2) is 4.39 Å². The van der Waals surface area contributed by atoms with E-state index >= 15 is 0 Å². The summed E-state index contributed by atoms with van der Waals surface area (Å²) in [5, 5.41) is 9.39. The number of rotatable bonds is 3. The number of methoxy groups -OCH3 is 2. The van der Waals surface area contributed by atoms with E-state index in [0.29, 0.717) is 17.1 Å². The van der Waals surface area contributed by atoms with Crippen LogP contribution >= 0.6 is 0 Å². The van der Waals surface area contributed by atoms with Gasteiger partial charge < -0.3 is 14.6 Å². The van der Waals surface area contributed by atoms with Crippen LogP contribution in [0.3, 0.4) is 0 Å². The number of phenolic OH excluding ortho intramolecular Hbond substituents is 1. The summed E-state index contributed by atoms with van der Waals surface area (Å²) in [6.07, 6.45) is 0. The highest BCUT2D eigenvalue weighted by Gasteiger charge is 2.09. The molecule has 0 saturated heterocycles. The molecule has 2 aromatic rings. The molecule has 0 amide bonds. The Morgan fingerprint density at radius 3 is 2.39 bits per heavy atom. The van der Waals surface area contributed by atoms with E-state index in [0.717, 1.165) is 5.56 Å². The normalized spacial score (nSPS) is 10.2. The number of halogens is 1. The summed E-state index contributed by atoms with van der Waals surface area (Å²) in [5.74, 6) is 0.235. The monoisotopic (exact) mass is 248 g/mol. The van der Waals surface area contributed by atoms with E-state index in [9.17, 15) is 9.50 Å². The third-order valence-corrected chi connectivity index (χ3v) is 2.67. The average Bonchev–Trinajstić information content (AvgIpc) is 2.41. The lowest BCUT2D eigenvalue weighted by molar-refractivity contribution is 0.395. The van der Waals surface area contributed by atoms with Gasteiger partial charge in [0, 0.05) is 11.6 Å². The van der Waals surface area contributed by atoms with Crippen LogP contribution in [0.4, 0.5) is 4.39 Å². The highest BCUT2D eigenvalue weighted by molar-refractivity contribution is 5.72. The van der Waals surface area contributed by atoms with Gasteiger partial charge in [0.1, 0.15) is 11.5 Å². The molecule has 0 bridgehead atoms. The van der Waals surface area contributed by atoms with Crippen molar-refractivity contribution in [3.05, 3.63) is 42.2 Å². The van der Waals surface area contributed by atoms with Crippen LogP contribution in [0.15, 0.2) is 36.4 Å². The Bertz CT molecular complexity index is 567. The molecule has 0 atom stereocenters. The molecule has 0 unspecified atom stereocenters. The Labute approximate surface area is 104 Å². The molecule has 18 heavy (non-hydrogen) atoms. The van der Waals surface area contributed by atoms with Crippen molar-refractivity contribution in [3.63, 3.8) is 0 Å². The molecule has 0 aliphatic heterocycles. The molecular weight excluding hydrogens is 235 g/mol. The van der Waals surface area contributed by atoms with Crippen molar-refractivity contribution >= 4 is 0 Å². The molecule has 0 aliphatic carbocycles. The molecule has 2 aromatic carbocycles. The minimum Gasteiger partial charge on any atom is -0.505 e. The zero-order valence-corrected chi connectivity index (χ0v) is 10.1. The highest BCUT2D eigenvalue weighted by atomic mass is 19.1. The lowest BCUT2D eigenvalue weighted by Gasteiger charge is -2.11. The predicted molar refractivity (Wildman–Crippen MR) is 66.6 cm³/mol. The Morgan fingerprint density at radius 2 is 1.78 bits per heavy atom. The molecule has 0 spiro atoms. The number of hydrogen-bond acceptors (Lipinski definition) is 3. The quantitative estimate of drug-likeness (QED) is 0.906. The van der Waals surface area contributed by atoms with Gasteiger partial charge >= 0.3 is 0 Å². The van der Waals surface area contributed by atoms with Crippen molar-refractivity contribution in [2.45, 2.75) is 0 Å². The highest BCUT2D eigenvalue weighted by Crippen LogP contribution is 2.35. The first kappa shape index (κ1) is 12.2. The first-order chi connectivity index (χ1) is 8.65. The fraction of sp³-hybridized carbons (Fsp3) is 0.143.